The molecule has 1 nitrogen and oxygen atoms in total. The Balaban J connectivity index is 3.07. The van der Waals surface area contributed by atoms with Crippen LogP contribution in [0.4, 0.5) is 0 Å². The number of rotatable bonds is 4. The average molecular weight is 236 g/mol. The molecule has 0 amide bonds. The van der Waals surface area contributed by atoms with Crippen LogP contribution in [0.5, 0.6) is 0 Å². The Morgan fingerprint density at radius 1 is 1.12 bits per heavy atom. The molecule has 0 fully saturated rings. The standard InChI is InChI=1S/C14H24OSi/c1-11(2)12-7-6-8-13(9-12)14(10-15)16(3,4)5/h6-9,11,14-15H,10H2,1-5H3. The van der Waals surface area contributed by atoms with Gasteiger partial charge >= 0.3 is 0 Å². The quantitative estimate of drug-likeness (QED) is 0.789. The van der Waals surface area contributed by atoms with Gasteiger partial charge in [0.15, 0.2) is 0 Å². The summed E-state index contributed by atoms with van der Waals surface area (Å²) in [5.74, 6) is 0.556. The van der Waals surface area contributed by atoms with E-state index in [0.29, 0.717) is 11.5 Å². The van der Waals surface area contributed by atoms with E-state index in [1.807, 2.05) is 0 Å². The summed E-state index contributed by atoms with van der Waals surface area (Å²) in [6.45, 7) is 11.6. The molecule has 1 atom stereocenters. The molecule has 0 aliphatic rings. The van der Waals surface area contributed by atoms with Gasteiger partial charge in [0.25, 0.3) is 0 Å². The molecule has 90 valence electrons. The third-order valence-electron chi connectivity index (χ3n) is 3.21. The largest absolute Gasteiger partial charge is 0.396 e. The number of hydrogen-bond donors (Lipinski definition) is 1. The van der Waals surface area contributed by atoms with Crippen molar-refractivity contribution in [2.45, 2.75) is 44.9 Å². The van der Waals surface area contributed by atoms with Crippen molar-refractivity contribution in [1.29, 1.82) is 0 Å². The second-order valence-corrected chi connectivity index (χ2v) is 11.4. The van der Waals surface area contributed by atoms with Crippen molar-refractivity contribution in [1.82, 2.24) is 0 Å². The fourth-order valence-corrected chi connectivity index (χ4v) is 3.74. The highest BCUT2D eigenvalue weighted by Gasteiger charge is 2.27. The normalized spacial score (nSPS) is 14.2. The van der Waals surface area contributed by atoms with E-state index in [2.05, 4.69) is 57.8 Å². The number of hydrogen-bond acceptors (Lipinski definition) is 1. The van der Waals surface area contributed by atoms with Crippen LogP contribution >= 0.6 is 0 Å². The number of aliphatic hydroxyl groups is 1. The molecule has 1 aromatic rings. The molecule has 0 spiro atoms. The molecule has 0 saturated carbocycles. The molecule has 0 radical (unpaired) electrons. The van der Waals surface area contributed by atoms with Crippen LogP contribution in [-0.2, 0) is 0 Å². The van der Waals surface area contributed by atoms with Crippen LogP contribution in [-0.4, -0.2) is 19.8 Å². The van der Waals surface area contributed by atoms with Crippen LogP contribution in [0, 0.1) is 0 Å². The van der Waals surface area contributed by atoms with Crippen LogP contribution in [0.2, 0.25) is 19.6 Å². The van der Waals surface area contributed by atoms with E-state index in [9.17, 15) is 5.11 Å². The zero-order valence-electron chi connectivity index (χ0n) is 11.1. The van der Waals surface area contributed by atoms with Gasteiger partial charge in [0, 0.05) is 12.1 Å². The van der Waals surface area contributed by atoms with Crippen molar-refractivity contribution in [3.8, 4) is 0 Å². The van der Waals surface area contributed by atoms with Gasteiger partial charge in [0.1, 0.15) is 0 Å². The second-order valence-electron chi connectivity index (χ2n) is 5.93. The minimum absolute atomic E-state index is 0.275. The summed E-state index contributed by atoms with van der Waals surface area (Å²) >= 11 is 0. The van der Waals surface area contributed by atoms with Gasteiger partial charge in [-0.15, -0.1) is 0 Å². The maximum absolute atomic E-state index is 9.58. The molecule has 1 aromatic carbocycles. The maximum Gasteiger partial charge on any atom is 0.0550 e. The Morgan fingerprint density at radius 3 is 2.12 bits per heavy atom. The van der Waals surface area contributed by atoms with Gasteiger partial charge in [-0.25, -0.2) is 0 Å². The Bertz CT molecular complexity index is 339. The summed E-state index contributed by atoms with van der Waals surface area (Å²) in [5, 5.41) is 9.58. The highest BCUT2D eigenvalue weighted by molar-refractivity contribution is 6.77. The summed E-state index contributed by atoms with van der Waals surface area (Å²) in [5.41, 5.74) is 3.04. The number of aliphatic hydroxyl groups excluding tert-OH is 1. The van der Waals surface area contributed by atoms with Crippen molar-refractivity contribution in [3.05, 3.63) is 35.4 Å². The minimum atomic E-state index is -1.34. The molecule has 1 N–H and O–H groups in total. The Hall–Kier alpha value is -0.603. The second kappa shape index (κ2) is 5.15. The first-order chi connectivity index (χ1) is 7.36. The van der Waals surface area contributed by atoms with Crippen molar-refractivity contribution in [2.75, 3.05) is 6.61 Å². The van der Waals surface area contributed by atoms with Crippen molar-refractivity contribution < 1.29 is 5.11 Å². The molecule has 0 aliphatic heterocycles. The SMILES string of the molecule is CC(C)c1cccc(C(CO)[Si](C)(C)C)c1. The van der Waals surface area contributed by atoms with Gasteiger partial charge in [0.05, 0.1) is 8.07 Å². The lowest BCUT2D eigenvalue weighted by Crippen LogP contribution is -2.33. The average Bonchev–Trinajstić information content (AvgIpc) is 2.17. The highest BCUT2D eigenvalue weighted by atomic mass is 28.3. The Labute approximate surface area is 101 Å². The van der Waals surface area contributed by atoms with Crippen molar-refractivity contribution in [3.63, 3.8) is 0 Å². The fourth-order valence-electron chi connectivity index (χ4n) is 2.01. The Kier molecular flexibility index (Phi) is 4.33. The summed E-state index contributed by atoms with van der Waals surface area (Å²) in [7, 11) is -1.34. The van der Waals surface area contributed by atoms with Crippen LogP contribution in [0.15, 0.2) is 24.3 Å². The van der Waals surface area contributed by atoms with E-state index < -0.39 is 8.07 Å². The van der Waals surface area contributed by atoms with Crippen molar-refractivity contribution in [2.24, 2.45) is 0 Å². The lowest BCUT2D eigenvalue weighted by atomic mass is 10.00. The molecule has 0 saturated heterocycles. The molecule has 0 heterocycles. The predicted octanol–water partition coefficient (Wildman–Crippen LogP) is 3.76. The van der Waals surface area contributed by atoms with E-state index in [1.165, 1.54) is 11.1 Å². The van der Waals surface area contributed by atoms with E-state index in [-0.39, 0.29) is 6.61 Å². The van der Waals surface area contributed by atoms with Crippen molar-refractivity contribution >= 4 is 8.07 Å². The molecule has 0 bridgehead atoms. The molecule has 0 aromatic heterocycles. The fraction of sp³-hybridized carbons (Fsp3) is 0.571. The molecule has 2 heteroatoms. The lowest BCUT2D eigenvalue weighted by Gasteiger charge is -2.28. The number of benzene rings is 1. The van der Waals surface area contributed by atoms with E-state index in [4.69, 9.17) is 0 Å². The highest BCUT2D eigenvalue weighted by Crippen LogP contribution is 2.28. The predicted molar refractivity (Wildman–Crippen MR) is 73.7 cm³/mol. The van der Waals surface area contributed by atoms with Gasteiger partial charge in [-0.05, 0) is 17.0 Å². The van der Waals surface area contributed by atoms with Crippen LogP contribution in [0.25, 0.3) is 0 Å². The first-order valence-corrected chi connectivity index (χ1v) is 9.64. The zero-order valence-corrected chi connectivity index (χ0v) is 12.1. The molecular formula is C14H24OSi. The van der Waals surface area contributed by atoms with Gasteiger partial charge in [-0.2, -0.15) is 0 Å². The molecule has 16 heavy (non-hydrogen) atoms. The zero-order chi connectivity index (χ0) is 12.3. The van der Waals surface area contributed by atoms with Gasteiger partial charge in [-0.3, -0.25) is 0 Å². The van der Waals surface area contributed by atoms with E-state index in [0.717, 1.165) is 0 Å². The topological polar surface area (TPSA) is 20.2 Å². The summed E-state index contributed by atoms with van der Waals surface area (Å²) in [6, 6.07) is 8.72. The smallest absolute Gasteiger partial charge is 0.0550 e. The van der Waals surface area contributed by atoms with Crippen LogP contribution in [0.1, 0.15) is 36.4 Å². The van der Waals surface area contributed by atoms with Gasteiger partial charge in [0.2, 0.25) is 0 Å². The van der Waals surface area contributed by atoms with Gasteiger partial charge in [-0.1, -0.05) is 57.8 Å². The lowest BCUT2D eigenvalue weighted by molar-refractivity contribution is 0.290. The van der Waals surface area contributed by atoms with E-state index >= 15 is 0 Å². The summed E-state index contributed by atoms with van der Waals surface area (Å²) in [4.78, 5) is 0. The first kappa shape index (κ1) is 13.5. The van der Waals surface area contributed by atoms with Gasteiger partial charge < -0.3 is 5.11 Å². The minimum Gasteiger partial charge on any atom is -0.396 e. The van der Waals surface area contributed by atoms with Crippen LogP contribution in [0.3, 0.4) is 0 Å². The monoisotopic (exact) mass is 236 g/mol. The molecule has 1 unspecified atom stereocenters. The third kappa shape index (κ3) is 3.19. The van der Waals surface area contributed by atoms with Crippen LogP contribution < -0.4 is 0 Å². The maximum atomic E-state index is 9.58. The molecule has 1 rings (SSSR count). The Morgan fingerprint density at radius 2 is 1.69 bits per heavy atom. The first-order valence-electron chi connectivity index (χ1n) is 6.07. The summed E-state index contributed by atoms with van der Waals surface area (Å²) < 4.78 is 0. The molecular weight excluding hydrogens is 212 g/mol. The summed E-state index contributed by atoms with van der Waals surface area (Å²) in [6.07, 6.45) is 0. The molecule has 0 aliphatic carbocycles. The van der Waals surface area contributed by atoms with E-state index in [1.54, 1.807) is 0 Å². The third-order valence-corrected chi connectivity index (χ3v) is 5.81.